The quantitative estimate of drug-likeness (QED) is 0.427. The molecule has 0 radical (unpaired) electrons. The zero-order chi connectivity index (χ0) is 21.4. The second-order valence-electron chi connectivity index (χ2n) is 6.65. The van der Waals surface area contributed by atoms with Gasteiger partial charge < -0.3 is 5.32 Å². The minimum Gasteiger partial charge on any atom is -0.362 e. The Labute approximate surface area is 178 Å². The second kappa shape index (κ2) is 7.76. The topological polar surface area (TPSA) is 105 Å². The number of nitrogens with zero attached hydrogens (tertiary/aromatic N) is 6. The van der Waals surface area contributed by atoms with E-state index >= 15 is 0 Å². The maximum atomic E-state index is 14.9. The number of nitrogens with one attached hydrogen (secondary N) is 2. The van der Waals surface area contributed by atoms with Crippen LogP contribution in [0.15, 0.2) is 42.6 Å². The van der Waals surface area contributed by atoms with Crippen LogP contribution in [0.4, 0.5) is 14.6 Å². The summed E-state index contributed by atoms with van der Waals surface area (Å²) in [6, 6.07) is 9.89. The lowest BCUT2D eigenvalue weighted by atomic mass is 10.1. The Kier molecular flexibility index (Phi) is 4.79. The molecule has 31 heavy (non-hydrogen) atoms. The van der Waals surface area contributed by atoms with E-state index in [0.29, 0.717) is 23.8 Å². The van der Waals surface area contributed by atoms with Crippen LogP contribution < -0.4 is 5.32 Å². The number of hydrogen-bond donors (Lipinski definition) is 2. The van der Waals surface area contributed by atoms with Crippen molar-refractivity contribution in [1.82, 2.24) is 35.6 Å². The third-order valence-corrected chi connectivity index (χ3v) is 5.77. The van der Waals surface area contributed by atoms with Crippen LogP contribution in [0, 0.1) is 18.6 Å². The number of fused-ring (bicyclic) bond motifs is 1. The Balaban J connectivity index is 1.47. The summed E-state index contributed by atoms with van der Waals surface area (Å²) >= 11 is 1.47. The molecule has 0 spiro atoms. The fourth-order valence-electron chi connectivity index (χ4n) is 3.17. The van der Waals surface area contributed by atoms with E-state index < -0.39 is 11.6 Å². The Morgan fingerprint density at radius 1 is 1.06 bits per heavy atom. The Hall–Kier alpha value is -3.86. The highest BCUT2D eigenvalue weighted by molar-refractivity contribution is 7.15. The van der Waals surface area contributed by atoms with Gasteiger partial charge >= 0.3 is 0 Å². The molecule has 0 aliphatic rings. The molecule has 5 rings (SSSR count). The number of aryl methyl sites for hydroxylation is 1. The first-order chi connectivity index (χ1) is 15.1. The van der Waals surface area contributed by atoms with Gasteiger partial charge in [0, 0.05) is 11.8 Å². The Morgan fingerprint density at radius 2 is 1.94 bits per heavy atom. The number of aromatic nitrogens is 7. The van der Waals surface area contributed by atoms with Gasteiger partial charge in [0.15, 0.2) is 17.2 Å². The normalized spacial score (nSPS) is 11.2. The van der Waals surface area contributed by atoms with E-state index in [2.05, 4.69) is 40.9 Å². The Bertz CT molecular complexity index is 1380. The standard InChI is InChI=1S/C20H14F2N8S/c1-10-20(31-16(25-10)9-23-15-6-3-7-24-27-15)14-5-2-4-13(26-14)11-8-12(21)18-19(17(11)22)29-30-28-18/h2-8H,9H2,1H3,(H,23,27)(H,28,29,30). The van der Waals surface area contributed by atoms with Gasteiger partial charge in [-0.2, -0.15) is 5.10 Å². The molecule has 5 aromatic rings. The largest absolute Gasteiger partial charge is 0.362 e. The van der Waals surface area contributed by atoms with Gasteiger partial charge in [-0.05, 0) is 37.3 Å². The van der Waals surface area contributed by atoms with Gasteiger partial charge in [0.2, 0.25) is 0 Å². The van der Waals surface area contributed by atoms with Crippen molar-refractivity contribution in [1.29, 1.82) is 0 Å². The van der Waals surface area contributed by atoms with Crippen LogP contribution >= 0.6 is 11.3 Å². The highest BCUT2D eigenvalue weighted by Crippen LogP contribution is 2.33. The lowest BCUT2D eigenvalue weighted by Gasteiger charge is -2.06. The predicted molar refractivity (Wildman–Crippen MR) is 112 cm³/mol. The van der Waals surface area contributed by atoms with Crippen LogP contribution in [0.3, 0.4) is 0 Å². The zero-order valence-electron chi connectivity index (χ0n) is 16.1. The van der Waals surface area contributed by atoms with Crippen LogP contribution in [-0.4, -0.2) is 35.6 Å². The van der Waals surface area contributed by atoms with Gasteiger partial charge in [0.05, 0.1) is 28.5 Å². The van der Waals surface area contributed by atoms with Crippen molar-refractivity contribution < 1.29 is 8.78 Å². The van der Waals surface area contributed by atoms with Gasteiger partial charge in [-0.25, -0.2) is 18.7 Å². The average molecular weight is 436 g/mol. The van der Waals surface area contributed by atoms with Crippen molar-refractivity contribution in [3.05, 3.63) is 64.9 Å². The molecule has 0 amide bonds. The second-order valence-corrected chi connectivity index (χ2v) is 7.73. The maximum absolute atomic E-state index is 14.9. The van der Waals surface area contributed by atoms with Gasteiger partial charge in [0.1, 0.15) is 16.3 Å². The molecule has 0 atom stereocenters. The van der Waals surface area contributed by atoms with E-state index in [1.807, 2.05) is 19.1 Å². The molecule has 0 saturated carbocycles. The average Bonchev–Trinajstić information content (AvgIpc) is 3.43. The summed E-state index contributed by atoms with van der Waals surface area (Å²) in [5, 5.41) is 21.3. The summed E-state index contributed by atoms with van der Waals surface area (Å²) in [6.07, 6.45) is 1.60. The fourth-order valence-corrected chi connectivity index (χ4v) is 4.14. The van der Waals surface area contributed by atoms with Gasteiger partial charge in [-0.1, -0.05) is 11.3 Å². The molecule has 8 nitrogen and oxygen atoms in total. The lowest BCUT2D eigenvalue weighted by Crippen LogP contribution is -2.01. The summed E-state index contributed by atoms with van der Waals surface area (Å²) in [5.41, 5.74) is 1.53. The molecule has 0 unspecified atom stereocenters. The first-order valence-electron chi connectivity index (χ1n) is 9.24. The molecular formula is C20H14F2N8S. The van der Waals surface area contributed by atoms with Gasteiger partial charge in [-0.3, -0.25) is 5.10 Å². The first-order valence-corrected chi connectivity index (χ1v) is 10.1. The summed E-state index contributed by atoms with van der Waals surface area (Å²) in [7, 11) is 0. The first kappa shape index (κ1) is 19.1. The molecule has 0 bridgehead atoms. The molecule has 0 aliphatic heterocycles. The highest BCUT2D eigenvalue weighted by atomic mass is 32.1. The third kappa shape index (κ3) is 3.59. The predicted octanol–water partition coefficient (Wildman–Crippen LogP) is 4.13. The number of H-pyrrole nitrogens is 1. The molecule has 0 saturated heterocycles. The summed E-state index contributed by atoms with van der Waals surface area (Å²) < 4.78 is 29.2. The SMILES string of the molecule is Cc1nc(CNc2cccnn2)sc1-c1cccc(-c2cc(F)c3nn[nH]c3c2F)n1. The van der Waals surface area contributed by atoms with Crippen LogP contribution in [0.2, 0.25) is 0 Å². The molecule has 0 aliphatic carbocycles. The molecule has 1 aromatic carbocycles. The van der Waals surface area contributed by atoms with Gasteiger partial charge in [0.25, 0.3) is 0 Å². The van der Waals surface area contributed by atoms with Crippen LogP contribution in [0.1, 0.15) is 10.7 Å². The number of pyridine rings is 1. The van der Waals surface area contributed by atoms with Crippen molar-refractivity contribution in [2.45, 2.75) is 13.5 Å². The van der Waals surface area contributed by atoms with E-state index in [4.69, 9.17) is 0 Å². The molecule has 154 valence electrons. The van der Waals surface area contributed by atoms with E-state index in [0.717, 1.165) is 21.6 Å². The molecule has 11 heteroatoms. The maximum Gasteiger partial charge on any atom is 0.160 e. The zero-order valence-corrected chi connectivity index (χ0v) is 16.9. The van der Waals surface area contributed by atoms with Crippen molar-refractivity contribution in [2.24, 2.45) is 0 Å². The molecule has 4 aromatic heterocycles. The fraction of sp³-hybridized carbons (Fsp3) is 0.100. The molecule has 2 N–H and O–H groups in total. The lowest BCUT2D eigenvalue weighted by molar-refractivity contribution is 0.617. The number of thiazole rings is 1. The van der Waals surface area contributed by atoms with Crippen molar-refractivity contribution in [3.63, 3.8) is 0 Å². The monoisotopic (exact) mass is 436 g/mol. The summed E-state index contributed by atoms with van der Waals surface area (Å²) in [6.45, 7) is 2.36. The van der Waals surface area contributed by atoms with Crippen molar-refractivity contribution in [3.8, 4) is 21.8 Å². The number of rotatable bonds is 5. The van der Waals surface area contributed by atoms with E-state index in [1.165, 1.54) is 11.3 Å². The molecule has 0 fully saturated rings. The highest BCUT2D eigenvalue weighted by Gasteiger charge is 2.19. The van der Waals surface area contributed by atoms with Crippen LogP contribution in [0.25, 0.3) is 32.9 Å². The summed E-state index contributed by atoms with van der Waals surface area (Å²) in [5.74, 6) is -0.669. The molecular weight excluding hydrogens is 422 g/mol. The molecule has 4 heterocycles. The van der Waals surface area contributed by atoms with Crippen molar-refractivity contribution in [2.75, 3.05) is 5.32 Å². The van der Waals surface area contributed by atoms with Crippen LogP contribution in [0.5, 0.6) is 0 Å². The number of halogens is 2. The number of benzene rings is 1. The van der Waals surface area contributed by atoms with Crippen LogP contribution in [-0.2, 0) is 6.54 Å². The van der Waals surface area contributed by atoms with E-state index in [9.17, 15) is 8.78 Å². The smallest absolute Gasteiger partial charge is 0.160 e. The van der Waals surface area contributed by atoms with Crippen molar-refractivity contribution >= 4 is 28.2 Å². The van der Waals surface area contributed by atoms with E-state index in [1.54, 1.807) is 24.4 Å². The number of hydrogen-bond acceptors (Lipinski definition) is 8. The summed E-state index contributed by atoms with van der Waals surface area (Å²) in [4.78, 5) is 10.00. The third-order valence-electron chi connectivity index (χ3n) is 4.59. The van der Waals surface area contributed by atoms with E-state index in [-0.39, 0.29) is 16.6 Å². The minimum absolute atomic E-state index is 0.0320. The number of aromatic amines is 1. The Morgan fingerprint density at radius 3 is 2.77 bits per heavy atom. The number of anilines is 1. The van der Waals surface area contributed by atoms with Gasteiger partial charge in [-0.15, -0.1) is 21.5 Å². The minimum atomic E-state index is -0.668.